The molecule has 2 bridgehead atoms. The molecule has 3 unspecified atom stereocenters. The molecule has 0 aromatic carbocycles. The molecule has 0 spiro atoms. The highest BCUT2D eigenvalue weighted by atomic mass is 16.5. The molecule has 2 saturated carbocycles. The zero-order valence-corrected chi connectivity index (χ0v) is 17.7. The van der Waals surface area contributed by atoms with Crippen LogP contribution in [0.15, 0.2) is 18.3 Å². The Morgan fingerprint density at radius 1 is 1.33 bits per heavy atom. The third kappa shape index (κ3) is 3.64. The third-order valence-electron chi connectivity index (χ3n) is 7.60. The molecular formula is C23H30N4O3. The van der Waals surface area contributed by atoms with E-state index in [0.29, 0.717) is 36.4 Å². The van der Waals surface area contributed by atoms with Crippen LogP contribution in [-0.2, 0) is 9.59 Å². The first-order valence-corrected chi connectivity index (χ1v) is 10.9. The van der Waals surface area contributed by atoms with Crippen LogP contribution in [0.3, 0.4) is 0 Å². The summed E-state index contributed by atoms with van der Waals surface area (Å²) in [4.78, 5) is 31.5. The molecule has 2 heterocycles. The van der Waals surface area contributed by atoms with Crippen LogP contribution in [0.25, 0.3) is 0 Å². The molecule has 2 amide bonds. The highest BCUT2D eigenvalue weighted by Gasteiger charge is 2.54. The molecule has 5 atom stereocenters. The van der Waals surface area contributed by atoms with E-state index in [1.165, 1.54) is 12.6 Å². The van der Waals surface area contributed by atoms with Gasteiger partial charge in [-0.25, -0.2) is 4.98 Å². The Hall–Kier alpha value is -2.62. The van der Waals surface area contributed by atoms with E-state index in [2.05, 4.69) is 9.88 Å². The maximum absolute atomic E-state index is 13.4. The Bertz CT molecular complexity index is 846. The Morgan fingerprint density at radius 3 is 2.60 bits per heavy atom. The fourth-order valence-corrected chi connectivity index (χ4v) is 5.78. The van der Waals surface area contributed by atoms with Gasteiger partial charge in [-0.2, -0.15) is 5.26 Å². The number of carbonyl (C=O) groups excluding carboxylic acids is 2. The molecule has 0 radical (unpaired) electrons. The van der Waals surface area contributed by atoms with Crippen molar-refractivity contribution in [1.82, 2.24) is 9.88 Å². The van der Waals surface area contributed by atoms with Gasteiger partial charge in [-0.1, -0.05) is 20.3 Å². The molecule has 7 heteroatoms. The van der Waals surface area contributed by atoms with Gasteiger partial charge in [0, 0.05) is 36.7 Å². The van der Waals surface area contributed by atoms with Crippen molar-refractivity contribution in [3.8, 4) is 11.9 Å². The highest BCUT2D eigenvalue weighted by molar-refractivity contribution is 5.85. The zero-order valence-electron chi connectivity index (χ0n) is 17.7. The number of ether oxygens (including phenoxy) is 1. The SMILES string of the molecule is CC1(C)C(=O)N(C2[C@@H]3CCC[C@H]2CC(C(N)=O)C3)CC1COc1ccc(C#N)cn1. The van der Waals surface area contributed by atoms with Gasteiger partial charge in [0.1, 0.15) is 6.07 Å². The van der Waals surface area contributed by atoms with E-state index in [4.69, 9.17) is 15.7 Å². The number of fused-ring (bicyclic) bond motifs is 2. The van der Waals surface area contributed by atoms with Crippen LogP contribution < -0.4 is 10.5 Å². The van der Waals surface area contributed by atoms with Gasteiger partial charge in [0.25, 0.3) is 0 Å². The van der Waals surface area contributed by atoms with Crippen molar-refractivity contribution in [2.24, 2.45) is 34.8 Å². The van der Waals surface area contributed by atoms with Crippen LogP contribution in [-0.4, -0.2) is 40.9 Å². The molecule has 160 valence electrons. The number of pyridine rings is 1. The van der Waals surface area contributed by atoms with Crippen molar-refractivity contribution in [2.45, 2.75) is 52.0 Å². The largest absolute Gasteiger partial charge is 0.477 e. The molecule has 2 N–H and O–H groups in total. The van der Waals surface area contributed by atoms with E-state index in [1.54, 1.807) is 12.1 Å². The van der Waals surface area contributed by atoms with Crippen LogP contribution >= 0.6 is 0 Å². The molecule has 3 aliphatic rings. The average molecular weight is 411 g/mol. The number of nitrogens with two attached hydrogens (primary N) is 1. The van der Waals surface area contributed by atoms with Gasteiger partial charge in [0.05, 0.1) is 17.6 Å². The summed E-state index contributed by atoms with van der Waals surface area (Å²) in [7, 11) is 0. The van der Waals surface area contributed by atoms with Crippen LogP contribution in [0.1, 0.15) is 51.5 Å². The van der Waals surface area contributed by atoms with Crippen LogP contribution in [0.5, 0.6) is 5.88 Å². The summed E-state index contributed by atoms with van der Waals surface area (Å²) in [5, 5.41) is 8.90. The highest BCUT2D eigenvalue weighted by Crippen LogP contribution is 2.49. The molecule has 1 saturated heterocycles. The standard InChI is InChI=1S/C23H30N4O3/c1-23(2)18(13-30-19-7-6-14(10-24)11-26-19)12-27(22(23)29)20-15-4-3-5-16(20)9-17(8-15)21(25)28/h6-7,11,15-18,20H,3-5,8-9,12-13H2,1-2H3,(H2,25,28)/t15-,16+,17?,18?,20?. The van der Waals surface area contributed by atoms with Crippen LogP contribution in [0.4, 0.5) is 0 Å². The number of carbonyl (C=O) groups is 2. The smallest absolute Gasteiger partial charge is 0.228 e. The summed E-state index contributed by atoms with van der Waals surface area (Å²) in [6.07, 6.45) is 6.38. The second-order valence-corrected chi connectivity index (χ2v) is 9.70. The first-order chi connectivity index (χ1) is 14.3. The lowest BCUT2D eigenvalue weighted by Gasteiger charge is -2.49. The number of aromatic nitrogens is 1. The first-order valence-electron chi connectivity index (χ1n) is 10.9. The van der Waals surface area contributed by atoms with E-state index >= 15 is 0 Å². The Morgan fingerprint density at radius 2 is 2.03 bits per heavy atom. The molecule has 3 fully saturated rings. The minimum Gasteiger partial charge on any atom is -0.477 e. The fourth-order valence-electron chi connectivity index (χ4n) is 5.78. The second kappa shape index (κ2) is 7.90. The van der Waals surface area contributed by atoms with Crippen molar-refractivity contribution in [2.75, 3.05) is 13.2 Å². The van der Waals surface area contributed by atoms with Crippen molar-refractivity contribution in [3.05, 3.63) is 23.9 Å². The number of hydrogen-bond acceptors (Lipinski definition) is 5. The van der Waals surface area contributed by atoms with Gasteiger partial charge >= 0.3 is 0 Å². The number of nitriles is 1. The van der Waals surface area contributed by atoms with Crippen LogP contribution in [0.2, 0.25) is 0 Å². The number of primary amides is 1. The first kappa shape index (κ1) is 20.6. The van der Waals surface area contributed by atoms with Gasteiger partial charge in [-0.15, -0.1) is 0 Å². The number of nitrogens with zero attached hydrogens (tertiary/aromatic N) is 3. The minimum absolute atomic E-state index is 0.0520. The van der Waals surface area contributed by atoms with Crippen molar-refractivity contribution in [3.63, 3.8) is 0 Å². The number of amides is 2. The fraction of sp³-hybridized carbons (Fsp3) is 0.652. The normalized spacial score (nSPS) is 32.5. The summed E-state index contributed by atoms with van der Waals surface area (Å²) in [6.45, 7) is 5.07. The third-order valence-corrected chi connectivity index (χ3v) is 7.60. The Kier molecular flexibility index (Phi) is 5.44. The van der Waals surface area contributed by atoms with Gasteiger partial charge in [-0.3, -0.25) is 9.59 Å². The van der Waals surface area contributed by atoms with Crippen molar-refractivity contribution < 1.29 is 14.3 Å². The predicted molar refractivity (Wildman–Crippen MR) is 110 cm³/mol. The average Bonchev–Trinajstić information content (AvgIpc) is 2.94. The second-order valence-electron chi connectivity index (χ2n) is 9.70. The lowest BCUT2D eigenvalue weighted by atomic mass is 9.64. The molecular weight excluding hydrogens is 380 g/mol. The van der Waals surface area contributed by atoms with E-state index < -0.39 is 5.41 Å². The minimum atomic E-state index is -0.512. The summed E-state index contributed by atoms with van der Waals surface area (Å²) in [6, 6.07) is 5.62. The zero-order chi connectivity index (χ0) is 21.5. The monoisotopic (exact) mass is 410 g/mol. The van der Waals surface area contributed by atoms with Gasteiger partial charge in [0.2, 0.25) is 17.7 Å². The number of hydrogen-bond donors (Lipinski definition) is 1. The quantitative estimate of drug-likeness (QED) is 0.802. The lowest BCUT2D eigenvalue weighted by molar-refractivity contribution is -0.142. The van der Waals surface area contributed by atoms with E-state index in [9.17, 15) is 9.59 Å². The maximum Gasteiger partial charge on any atom is 0.228 e. The van der Waals surface area contributed by atoms with E-state index in [1.807, 2.05) is 19.9 Å². The van der Waals surface area contributed by atoms with Gasteiger partial charge in [-0.05, 0) is 43.6 Å². The summed E-state index contributed by atoms with van der Waals surface area (Å²) < 4.78 is 5.89. The topological polar surface area (TPSA) is 109 Å². The molecule has 2 aliphatic carbocycles. The summed E-state index contributed by atoms with van der Waals surface area (Å²) in [5.74, 6) is 1.17. The summed E-state index contributed by atoms with van der Waals surface area (Å²) >= 11 is 0. The van der Waals surface area contributed by atoms with Crippen molar-refractivity contribution in [1.29, 1.82) is 5.26 Å². The van der Waals surface area contributed by atoms with E-state index in [0.717, 1.165) is 25.7 Å². The van der Waals surface area contributed by atoms with Crippen LogP contribution in [0, 0.1) is 40.4 Å². The molecule has 1 aromatic rings. The molecule has 4 rings (SSSR count). The maximum atomic E-state index is 13.4. The molecule has 30 heavy (non-hydrogen) atoms. The lowest BCUT2D eigenvalue weighted by Crippen LogP contribution is -2.54. The van der Waals surface area contributed by atoms with Crippen molar-refractivity contribution >= 4 is 11.8 Å². The Balaban J connectivity index is 1.47. The molecule has 1 aromatic heterocycles. The molecule has 7 nitrogen and oxygen atoms in total. The van der Waals surface area contributed by atoms with Gasteiger partial charge in [0.15, 0.2) is 0 Å². The van der Waals surface area contributed by atoms with Gasteiger partial charge < -0.3 is 15.4 Å². The summed E-state index contributed by atoms with van der Waals surface area (Å²) in [5.41, 5.74) is 5.59. The number of rotatable bonds is 5. The Labute approximate surface area is 177 Å². The predicted octanol–water partition coefficient (Wildman–Crippen LogP) is 2.50. The van der Waals surface area contributed by atoms with E-state index in [-0.39, 0.29) is 29.7 Å². The number of likely N-dealkylation sites (tertiary alicyclic amines) is 1. The molecule has 1 aliphatic heterocycles.